The van der Waals surface area contributed by atoms with Gasteiger partial charge in [-0.25, -0.2) is 0 Å². The van der Waals surface area contributed by atoms with E-state index in [1.54, 1.807) is 11.0 Å². The highest BCUT2D eigenvalue weighted by Gasteiger charge is 2.35. The van der Waals surface area contributed by atoms with Gasteiger partial charge in [0.1, 0.15) is 5.75 Å². The van der Waals surface area contributed by atoms with Gasteiger partial charge >= 0.3 is 0 Å². The number of carbonyl (C=O) groups excluding carboxylic acids is 2. The monoisotopic (exact) mass is 563 g/mol. The number of hydrogen-bond acceptors (Lipinski definition) is 6. The van der Waals surface area contributed by atoms with Gasteiger partial charge in [0.25, 0.3) is 5.91 Å². The van der Waals surface area contributed by atoms with Gasteiger partial charge in [0, 0.05) is 66.2 Å². The number of ether oxygens (including phenoxy) is 1. The molecule has 3 aromatic carbocycles. The zero-order valence-electron chi connectivity index (χ0n) is 21.7. The Morgan fingerprint density at radius 3 is 2.72 bits per heavy atom. The van der Waals surface area contributed by atoms with E-state index in [2.05, 4.69) is 16.3 Å². The van der Waals surface area contributed by atoms with Crippen molar-refractivity contribution in [1.29, 1.82) is 0 Å². The number of phenolic OH excluding ortho intramolecular Hbond substituents is 1. The van der Waals surface area contributed by atoms with E-state index in [-0.39, 0.29) is 23.5 Å². The molecule has 0 aliphatic carbocycles. The number of halogens is 1. The molecular weight excluding hydrogens is 534 g/mol. The Morgan fingerprint density at radius 2 is 1.92 bits per heavy atom. The summed E-state index contributed by atoms with van der Waals surface area (Å²) in [5.41, 5.74) is 3.53. The third kappa shape index (κ3) is 5.10. The van der Waals surface area contributed by atoms with Gasteiger partial charge in [0.15, 0.2) is 0 Å². The van der Waals surface area contributed by atoms with E-state index in [4.69, 9.17) is 16.3 Å². The maximum absolute atomic E-state index is 13.8. The van der Waals surface area contributed by atoms with Crippen LogP contribution in [0.1, 0.15) is 33.1 Å². The van der Waals surface area contributed by atoms with Crippen LogP contribution in [0.4, 0.5) is 11.4 Å². The van der Waals surface area contributed by atoms with Gasteiger partial charge in [-0.1, -0.05) is 23.8 Å². The Balaban J connectivity index is 1.23. The lowest BCUT2D eigenvalue weighted by Gasteiger charge is -2.26. The standard InChI is InChI=1S/C30H30ClN3O4S/c1-18-2-4-22-23(12-18)29-20(16-31)17-34(24(29)15-25(22)35)30(37)27-14-19-13-21(3-5-26(19)39-27)32-28(36)6-7-33-8-10-38-11-9-33/h2-5,12-15,20,35H,6-11,16-17H2,1H3,(H,32,36)/t20-/m1/s1. The number of alkyl halides is 1. The van der Waals surface area contributed by atoms with Gasteiger partial charge in [0.05, 0.1) is 23.8 Å². The molecule has 2 amide bonds. The van der Waals surface area contributed by atoms with Crippen LogP contribution in [-0.2, 0) is 9.53 Å². The number of aromatic hydroxyl groups is 1. The maximum atomic E-state index is 13.8. The fourth-order valence-corrected chi connectivity index (χ4v) is 6.82. The predicted octanol–water partition coefficient (Wildman–Crippen LogP) is 5.71. The van der Waals surface area contributed by atoms with Crippen molar-refractivity contribution in [3.8, 4) is 5.75 Å². The summed E-state index contributed by atoms with van der Waals surface area (Å²) in [7, 11) is 0. The van der Waals surface area contributed by atoms with Crippen LogP contribution in [0.3, 0.4) is 0 Å². The van der Waals surface area contributed by atoms with Crippen molar-refractivity contribution in [3.63, 3.8) is 0 Å². The van der Waals surface area contributed by atoms with Crippen molar-refractivity contribution in [2.75, 3.05) is 55.5 Å². The van der Waals surface area contributed by atoms with E-state index in [1.807, 2.05) is 43.3 Å². The summed E-state index contributed by atoms with van der Waals surface area (Å²) in [5, 5.41) is 16.4. The third-order valence-corrected chi connectivity index (χ3v) is 9.07. The first-order valence-corrected chi connectivity index (χ1v) is 14.5. The fraction of sp³-hybridized carbons (Fsp3) is 0.333. The molecule has 1 aromatic heterocycles. The third-order valence-electron chi connectivity index (χ3n) is 7.59. The minimum Gasteiger partial charge on any atom is -0.507 e. The Morgan fingerprint density at radius 1 is 1.10 bits per heavy atom. The summed E-state index contributed by atoms with van der Waals surface area (Å²) in [4.78, 5) is 30.9. The molecule has 0 unspecified atom stereocenters. The number of nitrogens with zero attached hydrogens (tertiary/aromatic N) is 2. The number of phenols is 1. The molecule has 0 saturated carbocycles. The summed E-state index contributed by atoms with van der Waals surface area (Å²) in [5.74, 6) is 0.361. The fourth-order valence-electron chi connectivity index (χ4n) is 5.58. The van der Waals surface area contributed by atoms with Crippen molar-refractivity contribution in [2.24, 2.45) is 0 Å². The summed E-state index contributed by atoms with van der Waals surface area (Å²) < 4.78 is 6.33. The summed E-state index contributed by atoms with van der Waals surface area (Å²) in [6.07, 6.45) is 0.419. The number of amides is 2. The lowest BCUT2D eigenvalue weighted by molar-refractivity contribution is -0.116. The smallest absolute Gasteiger partial charge is 0.268 e. The number of fused-ring (bicyclic) bond motifs is 4. The number of morpholine rings is 1. The topological polar surface area (TPSA) is 82.1 Å². The second-order valence-electron chi connectivity index (χ2n) is 10.3. The highest BCUT2D eigenvalue weighted by atomic mass is 35.5. The number of thiophene rings is 1. The lowest BCUT2D eigenvalue weighted by Crippen LogP contribution is -2.38. The van der Waals surface area contributed by atoms with Gasteiger partial charge in [0.2, 0.25) is 5.91 Å². The average molecular weight is 564 g/mol. The van der Waals surface area contributed by atoms with Gasteiger partial charge < -0.3 is 20.1 Å². The molecule has 6 rings (SSSR count). The SMILES string of the molecule is Cc1ccc2c(O)cc3c(c2c1)[C@H](CCl)CN3C(=O)c1cc2cc(NC(=O)CCN3CCOCC3)ccc2s1. The first-order chi connectivity index (χ1) is 18.9. The Labute approximate surface area is 235 Å². The second kappa shape index (κ2) is 10.8. The molecular formula is C30H30ClN3O4S. The second-order valence-corrected chi connectivity index (χ2v) is 11.7. The summed E-state index contributed by atoms with van der Waals surface area (Å²) >= 11 is 7.81. The van der Waals surface area contributed by atoms with Crippen molar-refractivity contribution < 1.29 is 19.4 Å². The van der Waals surface area contributed by atoms with E-state index in [9.17, 15) is 14.7 Å². The highest BCUT2D eigenvalue weighted by molar-refractivity contribution is 7.20. The molecule has 2 aliphatic heterocycles. The van der Waals surface area contributed by atoms with E-state index in [0.29, 0.717) is 54.9 Å². The molecule has 4 aromatic rings. The van der Waals surface area contributed by atoms with Crippen LogP contribution in [0.5, 0.6) is 5.75 Å². The van der Waals surface area contributed by atoms with Crippen LogP contribution < -0.4 is 10.2 Å². The van der Waals surface area contributed by atoms with Gasteiger partial charge in [-0.2, -0.15) is 0 Å². The van der Waals surface area contributed by atoms with Crippen LogP contribution in [-0.4, -0.2) is 67.1 Å². The molecule has 0 bridgehead atoms. The Hall–Kier alpha value is -3.17. The number of carbonyl (C=O) groups is 2. The molecule has 3 heterocycles. The Kier molecular flexibility index (Phi) is 7.20. The summed E-state index contributed by atoms with van der Waals surface area (Å²) in [6, 6.07) is 15.2. The number of hydrogen-bond donors (Lipinski definition) is 2. The lowest BCUT2D eigenvalue weighted by atomic mass is 9.94. The molecule has 202 valence electrons. The molecule has 2 aliphatic rings. The molecule has 2 N–H and O–H groups in total. The summed E-state index contributed by atoms with van der Waals surface area (Å²) in [6.45, 7) is 6.32. The average Bonchev–Trinajstić information content (AvgIpc) is 3.53. The first-order valence-electron chi connectivity index (χ1n) is 13.2. The number of nitrogens with one attached hydrogen (secondary N) is 1. The van der Waals surface area contributed by atoms with Gasteiger partial charge in [-0.05, 0) is 47.5 Å². The quantitative estimate of drug-likeness (QED) is 0.294. The number of anilines is 2. The zero-order valence-corrected chi connectivity index (χ0v) is 23.3. The van der Waals surface area contributed by atoms with E-state index in [0.717, 1.165) is 45.1 Å². The number of benzene rings is 3. The van der Waals surface area contributed by atoms with Crippen molar-refractivity contribution in [2.45, 2.75) is 19.3 Å². The minimum absolute atomic E-state index is 0.0239. The van der Waals surface area contributed by atoms with Crippen molar-refractivity contribution in [3.05, 3.63) is 64.5 Å². The van der Waals surface area contributed by atoms with E-state index in [1.165, 1.54) is 11.3 Å². The van der Waals surface area contributed by atoms with Crippen LogP contribution in [0.15, 0.2) is 48.5 Å². The first kappa shape index (κ1) is 26.1. The number of aryl methyl sites for hydroxylation is 1. The largest absolute Gasteiger partial charge is 0.507 e. The molecule has 1 atom stereocenters. The molecule has 0 radical (unpaired) electrons. The van der Waals surface area contributed by atoms with Gasteiger partial charge in [-0.3, -0.25) is 14.5 Å². The molecule has 0 spiro atoms. The highest BCUT2D eigenvalue weighted by Crippen LogP contribution is 2.46. The molecule has 39 heavy (non-hydrogen) atoms. The minimum atomic E-state index is -0.118. The van der Waals surface area contributed by atoms with Crippen LogP contribution in [0.25, 0.3) is 20.9 Å². The molecule has 1 fully saturated rings. The zero-order chi connectivity index (χ0) is 27.1. The van der Waals surface area contributed by atoms with E-state index < -0.39 is 0 Å². The maximum Gasteiger partial charge on any atom is 0.268 e. The van der Waals surface area contributed by atoms with Crippen LogP contribution >= 0.6 is 22.9 Å². The molecule has 1 saturated heterocycles. The normalized spacial score (nSPS) is 17.6. The molecule has 9 heteroatoms. The molecule has 7 nitrogen and oxygen atoms in total. The van der Waals surface area contributed by atoms with Crippen LogP contribution in [0.2, 0.25) is 0 Å². The number of rotatable bonds is 6. The van der Waals surface area contributed by atoms with Crippen LogP contribution in [0, 0.1) is 6.92 Å². The van der Waals surface area contributed by atoms with Crippen molar-refractivity contribution >= 4 is 67.0 Å². The predicted molar refractivity (Wildman–Crippen MR) is 158 cm³/mol. The Bertz CT molecular complexity index is 1580. The van der Waals surface area contributed by atoms with Gasteiger partial charge in [-0.15, -0.1) is 22.9 Å². The van der Waals surface area contributed by atoms with Crippen molar-refractivity contribution in [1.82, 2.24) is 4.90 Å². The van der Waals surface area contributed by atoms with E-state index >= 15 is 0 Å².